The largest absolute Gasteiger partial charge is 0.351 e. The third-order valence-electron chi connectivity index (χ3n) is 4.88. The fraction of sp³-hybridized carbons (Fsp3) is 0.208. The Labute approximate surface area is 172 Å². The number of amides is 1. The van der Waals surface area contributed by atoms with Crippen LogP contribution in [0.5, 0.6) is 0 Å². The van der Waals surface area contributed by atoms with Crippen molar-refractivity contribution in [2.45, 2.75) is 5.41 Å². The van der Waals surface area contributed by atoms with Crippen molar-refractivity contribution in [2.24, 2.45) is 0 Å². The molecule has 3 aromatic carbocycles. The number of nitrogens with zero attached hydrogens (tertiary/aromatic N) is 1. The van der Waals surface area contributed by atoms with Gasteiger partial charge in [-0.05, 0) is 43.4 Å². The summed E-state index contributed by atoms with van der Waals surface area (Å²) in [7, 11) is 4.11. The van der Waals surface area contributed by atoms with E-state index in [0.717, 1.165) is 6.54 Å². The van der Waals surface area contributed by atoms with Gasteiger partial charge in [-0.15, -0.1) is 0 Å². The first-order chi connectivity index (χ1) is 13.5. The molecule has 3 aromatic rings. The molecule has 4 heteroatoms. The van der Waals surface area contributed by atoms with Crippen molar-refractivity contribution in [1.82, 2.24) is 10.2 Å². The topological polar surface area (TPSA) is 32.3 Å². The van der Waals surface area contributed by atoms with Gasteiger partial charge in [-0.3, -0.25) is 4.79 Å². The van der Waals surface area contributed by atoms with E-state index in [-0.39, 0.29) is 11.3 Å². The number of carbonyl (C=O) groups excluding carboxylic acids is 1. The molecule has 0 heterocycles. The Kier molecular flexibility index (Phi) is 6.50. The van der Waals surface area contributed by atoms with Gasteiger partial charge in [0.15, 0.2) is 0 Å². The number of likely N-dealkylation sites (N-methyl/N-ethyl adjacent to an activating group) is 1. The van der Waals surface area contributed by atoms with Crippen LogP contribution in [0, 0.1) is 0 Å². The summed E-state index contributed by atoms with van der Waals surface area (Å²) < 4.78 is 0. The zero-order valence-corrected chi connectivity index (χ0v) is 17.0. The fourth-order valence-corrected chi connectivity index (χ4v) is 3.82. The number of benzene rings is 3. The Morgan fingerprint density at radius 3 is 1.96 bits per heavy atom. The van der Waals surface area contributed by atoms with E-state index < -0.39 is 0 Å². The van der Waals surface area contributed by atoms with Crippen LogP contribution in [-0.2, 0) is 5.41 Å². The van der Waals surface area contributed by atoms with Gasteiger partial charge >= 0.3 is 0 Å². The Balaban J connectivity index is 1.99. The summed E-state index contributed by atoms with van der Waals surface area (Å²) >= 11 is 6.05. The quantitative estimate of drug-likeness (QED) is 0.636. The SMILES string of the molecule is CN(C)CC(CNC(=O)c1cccc(Cl)c1)(c1ccccc1)c1ccccc1. The average Bonchev–Trinajstić information content (AvgIpc) is 2.72. The van der Waals surface area contributed by atoms with E-state index in [0.29, 0.717) is 17.1 Å². The van der Waals surface area contributed by atoms with Gasteiger partial charge in [0.2, 0.25) is 0 Å². The van der Waals surface area contributed by atoms with Gasteiger partial charge in [-0.25, -0.2) is 0 Å². The second-order valence-electron chi connectivity index (χ2n) is 7.24. The first-order valence-corrected chi connectivity index (χ1v) is 9.69. The minimum Gasteiger partial charge on any atom is -0.351 e. The summed E-state index contributed by atoms with van der Waals surface area (Å²) in [6, 6.07) is 27.7. The second kappa shape index (κ2) is 9.05. The molecule has 0 unspecified atom stereocenters. The van der Waals surface area contributed by atoms with E-state index >= 15 is 0 Å². The van der Waals surface area contributed by atoms with Crippen LogP contribution in [-0.4, -0.2) is 38.0 Å². The third kappa shape index (κ3) is 4.61. The van der Waals surface area contributed by atoms with Crippen LogP contribution in [0.15, 0.2) is 84.9 Å². The van der Waals surface area contributed by atoms with Crippen molar-refractivity contribution < 1.29 is 4.79 Å². The van der Waals surface area contributed by atoms with E-state index in [9.17, 15) is 4.79 Å². The minimum absolute atomic E-state index is 0.127. The molecule has 0 aliphatic rings. The van der Waals surface area contributed by atoms with E-state index in [1.807, 2.05) is 36.4 Å². The van der Waals surface area contributed by atoms with E-state index in [1.54, 1.807) is 24.3 Å². The van der Waals surface area contributed by atoms with Crippen LogP contribution in [0.3, 0.4) is 0 Å². The highest BCUT2D eigenvalue weighted by molar-refractivity contribution is 6.30. The molecule has 0 aromatic heterocycles. The first-order valence-electron chi connectivity index (χ1n) is 9.31. The van der Waals surface area contributed by atoms with Crippen LogP contribution in [0.4, 0.5) is 0 Å². The third-order valence-corrected chi connectivity index (χ3v) is 5.11. The van der Waals surface area contributed by atoms with Crippen molar-refractivity contribution in [1.29, 1.82) is 0 Å². The molecule has 0 atom stereocenters. The van der Waals surface area contributed by atoms with Gasteiger partial charge in [0.05, 0.1) is 5.41 Å². The van der Waals surface area contributed by atoms with Gasteiger partial charge in [0, 0.05) is 23.7 Å². The van der Waals surface area contributed by atoms with E-state index in [1.165, 1.54) is 11.1 Å². The molecule has 0 aliphatic heterocycles. The highest BCUT2D eigenvalue weighted by Crippen LogP contribution is 2.32. The number of hydrogen-bond donors (Lipinski definition) is 1. The second-order valence-corrected chi connectivity index (χ2v) is 7.68. The summed E-state index contributed by atoms with van der Waals surface area (Å²) in [6.07, 6.45) is 0. The molecule has 0 bridgehead atoms. The molecule has 3 nitrogen and oxygen atoms in total. The maximum absolute atomic E-state index is 12.8. The molecule has 0 fully saturated rings. The lowest BCUT2D eigenvalue weighted by molar-refractivity contribution is 0.0943. The number of rotatable bonds is 7. The van der Waals surface area contributed by atoms with Crippen LogP contribution >= 0.6 is 11.6 Å². The predicted octanol–water partition coefficient (Wildman–Crippen LogP) is 4.62. The molecule has 28 heavy (non-hydrogen) atoms. The van der Waals surface area contributed by atoms with Crippen molar-refractivity contribution in [3.8, 4) is 0 Å². The van der Waals surface area contributed by atoms with Crippen LogP contribution in [0.25, 0.3) is 0 Å². The van der Waals surface area contributed by atoms with E-state index in [2.05, 4.69) is 48.6 Å². The van der Waals surface area contributed by atoms with Gasteiger partial charge in [0.1, 0.15) is 0 Å². The van der Waals surface area contributed by atoms with Gasteiger partial charge < -0.3 is 10.2 Å². The maximum atomic E-state index is 12.8. The number of halogens is 1. The van der Waals surface area contributed by atoms with Gasteiger partial charge in [-0.2, -0.15) is 0 Å². The molecule has 3 rings (SSSR count). The lowest BCUT2D eigenvalue weighted by Gasteiger charge is -2.37. The average molecular weight is 393 g/mol. The van der Waals surface area contributed by atoms with Crippen molar-refractivity contribution in [3.63, 3.8) is 0 Å². The molecule has 0 saturated carbocycles. The Hall–Kier alpha value is -2.62. The van der Waals surface area contributed by atoms with Crippen LogP contribution < -0.4 is 5.32 Å². The zero-order valence-electron chi connectivity index (χ0n) is 16.2. The predicted molar refractivity (Wildman–Crippen MR) is 116 cm³/mol. The van der Waals surface area contributed by atoms with Crippen molar-refractivity contribution in [2.75, 3.05) is 27.2 Å². The summed E-state index contributed by atoms with van der Waals surface area (Å²) in [4.78, 5) is 15.0. The molecule has 1 N–H and O–H groups in total. The standard InChI is InChI=1S/C24H25ClN2O/c1-27(2)18-24(20-11-5-3-6-12-20,21-13-7-4-8-14-21)17-26-23(28)19-10-9-15-22(25)16-19/h3-16H,17-18H2,1-2H3,(H,26,28). The molecular weight excluding hydrogens is 368 g/mol. The lowest BCUT2D eigenvalue weighted by atomic mass is 9.73. The van der Waals surface area contributed by atoms with Crippen LogP contribution in [0.2, 0.25) is 5.02 Å². The van der Waals surface area contributed by atoms with Crippen molar-refractivity contribution in [3.05, 3.63) is 107 Å². The highest BCUT2D eigenvalue weighted by Gasteiger charge is 2.35. The van der Waals surface area contributed by atoms with Gasteiger partial charge in [0.25, 0.3) is 5.91 Å². The van der Waals surface area contributed by atoms with E-state index in [4.69, 9.17) is 11.6 Å². The van der Waals surface area contributed by atoms with Crippen LogP contribution in [0.1, 0.15) is 21.5 Å². The Morgan fingerprint density at radius 1 is 0.893 bits per heavy atom. The maximum Gasteiger partial charge on any atom is 0.251 e. The molecule has 0 radical (unpaired) electrons. The Morgan fingerprint density at radius 2 is 1.46 bits per heavy atom. The molecule has 0 aliphatic carbocycles. The monoisotopic (exact) mass is 392 g/mol. The van der Waals surface area contributed by atoms with Crippen molar-refractivity contribution >= 4 is 17.5 Å². The minimum atomic E-state index is -0.375. The summed E-state index contributed by atoms with van der Waals surface area (Å²) in [5, 5.41) is 3.70. The molecule has 144 valence electrons. The lowest BCUT2D eigenvalue weighted by Crippen LogP contribution is -2.48. The molecule has 0 spiro atoms. The highest BCUT2D eigenvalue weighted by atomic mass is 35.5. The molecule has 1 amide bonds. The summed E-state index contributed by atoms with van der Waals surface area (Å²) in [5.41, 5.74) is 2.52. The Bertz CT molecular complexity index is 871. The zero-order chi connectivity index (χ0) is 20.0. The molecule has 0 saturated heterocycles. The fourth-order valence-electron chi connectivity index (χ4n) is 3.63. The van der Waals surface area contributed by atoms with Gasteiger partial charge in [-0.1, -0.05) is 78.3 Å². The first kappa shape index (κ1) is 20.1. The number of hydrogen-bond acceptors (Lipinski definition) is 2. The number of nitrogens with one attached hydrogen (secondary N) is 1. The normalized spacial score (nSPS) is 11.4. The number of carbonyl (C=O) groups is 1. The smallest absolute Gasteiger partial charge is 0.251 e. The molecular formula is C24H25ClN2O. The summed E-state index contributed by atoms with van der Waals surface area (Å²) in [5.74, 6) is -0.127. The summed E-state index contributed by atoms with van der Waals surface area (Å²) in [6.45, 7) is 1.24.